The van der Waals surface area contributed by atoms with Gasteiger partial charge in [-0.15, -0.1) is 0 Å². The topological polar surface area (TPSA) is 115 Å². The largest absolute Gasteiger partial charge is 0.375 e. The maximum Gasteiger partial charge on any atom is 0.331 e. The van der Waals surface area contributed by atoms with Crippen LogP contribution < -0.4 is 11.1 Å². The van der Waals surface area contributed by atoms with Crippen LogP contribution in [-0.2, 0) is 22.6 Å². The van der Waals surface area contributed by atoms with Crippen LogP contribution in [-0.4, -0.2) is 81.5 Å². The SMILES string of the molecule is CCCCNC(=O)N(C)N1CC(=O)N2[C@@H](Cc3ccc(F)cc3)C(=O)N(Cc3cccc4sc(N)nc34)C[C@@H]21. The molecule has 2 atom stereocenters. The molecule has 12 heteroatoms. The minimum Gasteiger partial charge on any atom is -0.375 e. The summed E-state index contributed by atoms with van der Waals surface area (Å²) < 4.78 is 14.5. The second-order valence-corrected chi connectivity index (χ2v) is 10.9. The molecule has 3 heterocycles. The number of nitrogens with two attached hydrogens (primary N) is 1. The molecule has 39 heavy (non-hydrogen) atoms. The number of nitrogens with zero attached hydrogens (tertiary/aromatic N) is 5. The molecule has 0 unspecified atom stereocenters. The Hall–Kier alpha value is -3.77. The summed E-state index contributed by atoms with van der Waals surface area (Å²) in [4.78, 5) is 47.9. The number of hydrogen-bond donors (Lipinski definition) is 2. The summed E-state index contributed by atoms with van der Waals surface area (Å²) >= 11 is 1.38. The van der Waals surface area contributed by atoms with Crippen LogP contribution in [0.15, 0.2) is 42.5 Å². The van der Waals surface area contributed by atoms with Gasteiger partial charge in [0.15, 0.2) is 5.13 Å². The lowest BCUT2D eigenvalue weighted by Gasteiger charge is -2.45. The number of urea groups is 1. The third kappa shape index (κ3) is 5.39. The summed E-state index contributed by atoms with van der Waals surface area (Å²) in [5.41, 5.74) is 8.29. The van der Waals surface area contributed by atoms with Crippen LogP contribution in [0, 0.1) is 5.82 Å². The number of fused-ring (bicyclic) bond motifs is 2. The quantitative estimate of drug-likeness (QED) is 0.415. The standard InChI is InChI=1S/C27H32FN7O3S/c1-3-4-12-30-27(38)32(2)34-16-23(36)35-20(13-17-8-10-19(28)11-9-17)25(37)33(15-22(34)35)14-18-6-5-7-21-24(18)31-26(29)39-21/h5-11,20,22H,3-4,12-16H2,1-2H3,(H2,29,31)(H,30,38)/t20-,22+/m0/s1. The van der Waals surface area contributed by atoms with Crippen molar-refractivity contribution in [1.82, 2.24) is 30.1 Å². The smallest absolute Gasteiger partial charge is 0.331 e. The fourth-order valence-electron chi connectivity index (χ4n) is 5.25. The molecule has 0 radical (unpaired) electrons. The van der Waals surface area contributed by atoms with E-state index in [9.17, 15) is 18.8 Å². The van der Waals surface area contributed by atoms with E-state index >= 15 is 0 Å². The average Bonchev–Trinajstić information content (AvgIpc) is 3.46. The number of carbonyl (C=O) groups excluding carboxylic acids is 3. The van der Waals surface area contributed by atoms with Crippen molar-refractivity contribution in [3.8, 4) is 0 Å². The molecular weight excluding hydrogens is 521 g/mol. The molecule has 3 aromatic rings. The Bertz CT molecular complexity index is 1380. The van der Waals surface area contributed by atoms with E-state index in [4.69, 9.17) is 5.73 Å². The average molecular weight is 554 g/mol. The highest BCUT2D eigenvalue weighted by molar-refractivity contribution is 7.22. The van der Waals surface area contributed by atoms with E-state index in [0.29, 0.717) is 11.7 Å². The molecule has 3 N–H and O–H groups in total. The maximum absolute atomic E-state index is 13.9. The molecule has 2 aliphatic heterocycles. The van der Waals surface area contributed by atoms with Gasteiger partial charge < -0.3 is 20.9 Å². The number of rotatable bonds is 8. The lowest BCUT2D eigenvalue weighted by molar-refractivity contribution is -0.157. The first-order valence-corrected chi connectivity index (χ1v) is 13.8. The molecule has 5 rings (SSSR count). The van der Waals surface area contributed by atoms with Crippen molar-refractivity contribution in [2.24, 2.45) is 0 Å². The number of nitrogen functional groups attached to an aromatic ring is 1. The predicted molar refractivity (Wildman–Crippen MR) is 147 cm³/mol. The molecule has 2 aromatic carbocycles. The van der Waals surface area contributed by atoms with Crippen molar-refractivity contribution >= 4 is 44.5 Å². The number of hydrazine groups is 1. The number of halogens is 1. The molecule has 0 bridgehead atoms. The minimum atomic E-state index is -0.803. The van der Waals surface area contributed by atoms with Crippen molar-refractivity contribution in [2.75, 3.05) is 32.4 Å². The number of nitrogens with one attached hydrogen (secondary N) is 1. The van der Waals surface area contributed by atoms with Crippen molar-refractivity contribution < 1.29 is 18.8 Å². The first-order chi connectivity index (χ1) is 18.8. The number of amides is 4. The fraction of sp³-hybridized carbons (Fsp3) is 0.407. The predicted octanol–water partition coefficient (Wildman–Crippen LogP) is 2.80. The normalized spacial score (nSPS) is 19.6. The number of hydrogen-bond acceptors (Lipinski definition) is 7. The van der Waals surface area contributed by atoms with Crippen LogP contribution in [0.1, 0.15) is 30.9 Å². The third-order valence-corrected chi connectivity index (χ3v) is 8.12. The van der Waals surface area contributed by atoms with Gasteiger partial charge in [0.05, 0.1) is 23.3 Å². The summed E-state index contributed by atoms with van der Waals surface area (Å²) in [6.45, 7) is 3.05. The van der Waals surface area contributed by atoms with E-state index in [0.717, 1.165) is 34.2 Å². The Morgan fingerprint density at radius 1 is 1.23 bits per heavy atom. The Kier molecular flexibility index (Phi) is 7.67. The van der Waals surface area contributed by atoms with E-state index in [1.165, 1.54) is 28.5 Å². The first kappa shape index (κ1) is 26.8. The number of unbranched alkanes of at least 4 members (excludes halogenated alkanes) is 1. The first-order valence-electron chi connectivity index (χ1n) is 13.0. The van der Waals surface area contributed by atoms with E-state index in [2.05, 4.69) is 10.3 Å². The summed E-state index contributed by atoms with van der Waals surface area (Å²) in [5, 5.41) is 6.48. The molecule has 2 fully saturated rings. The lowest BCUT2D eigenvalue weighted by Crippen LogP contribution is -2.65. The van der Waals surface area contributed by atoms with Crippen LogP contribution >= 0.6 is 11.3 Å². The number of benzene rings is 2. The number of para-hydroxylation sites is 1. The van der Waals surface area contributed by atoms with Crippen molar-refractivity contribution in [1.29, 1.82) is 0 Å². The van der Waals surface area contributed by atoms with E-state index < -0.39 is 12.2 Å². The van der Waals surface area contributed by atoms with Crippen molar-refractivity contribution in [3.63, 3.8) is 0 Å². The van der Waals surface area contributed by atoms with Crippen LogP contribution in [0.3, 0.4) is 0 Å². The zero-order valence-electron chi connectivity index (χ0n) is 22.0. The highest BCUT2D eigenvalue weighted by Crippen LogP contribution is 2.32. The van der Waals surface area contributed by atoms with Gasteiger partial charge in [-0.05, 0) is 35.7 Å². The van der Waals surface area contributed by atoms with Gasteiger partial charge in [0.25, 0.3) is 0 Å². The molecule has 0 saturated carbocycles. The minimum absolute atomic E-state index is 0.0262. The Labute approximate surface area is 230 Å². The van der Waals surface area contributed by atoms with E-state index in [1.807, 2.05) is 25.1 Å². The van der Waals surface area contributed by atoms with Crippen molar-refractivity contribution in [2.45, 2.75) is 44.9 Å². The molecule has 2 saturated heterocycles. The van der Waals surface area contributed by atoms with Gasteiger partial charge in [0, 0.05) is 26.6 Å². The number of anilines is 1. The van der Waals surface area contributed by atoms with Crippen LogP contribution in [0.4, 0.5) is 14.3 Å². The number of piperazine rings is 1. The van der Waals surface area contributed by atoms with E-state index in [1.54, 1.807) is 34.0 Å². The monoisotopic (exact) mass is 553 g/mol. The van der Waals surface area contributed by atoms with E-state index in [-0.39, 0.29) is 49.7 Å². The Morgan fingerprint density at radius 2 is 2.00 bits per heavy atom. The molecule has 10 nitrogen and oxygen atoms in total. The Morgan fingerprint density at radius 3 is 2.74 bits per heavy atom. The van der Waals surface area contributed by atoms with Gasteiger partial charge in [0.2, 0.25) is 11.8 Å². The van der Waals surface area contributed by atoms with Crippen LogP contribution in [0.25, 0.3) is 10.2 Å². The fourth-order valence-corrected chi connectivity index (χ4v) is 6.04. The van der Waals surface area contributed by atoms with Gasteiger partial charge in [-0.2, -0.15) is 5.01 Å². The van der Waals surface area contributed by atoms with Gasteiger partial charge in [-0.25, -0.2) is 14.2 Å². The number of aromatic nitrogens is 1. The molecule has 0 aliphatic carbocycles. The molecule has 206 valence electrons. The zero-order chi connectivity index (χ0) is 27.7. The van der Waals surface area contributed by atoms with Gasteiger partial charge >= 0.3 is 6.03 Å². The number of carbonyl (C=O) groups is 3. The van der Waals surface area contributed by atoms with Crippen LogP contribution in [0.2, 0.25) is 0 Å². The molecular formula is C27H32FN7O3S. The third-order valence-electron chi connectivity index (χ3n) is 7.27. The van der Waals surface area contributed by atoms with Gasteiger partial charge in [-0.1, -0.05) is 48.9 Å². The zero-order valence-corrected chi connectivity index (χ0v) is 22.8. The molecule has 2 aliphatic rings. The molecule has 1 aromatic heterocycles. The second-order valence-electron chi connectivity index (χ2n) is 9.87. The van der Waals surface area contributed by atoms with Gasteiger partial charge in [0.1, 0.15) is 18.0 Å². The highest BCUT2D eigenvalue weighted by atomic mass is 32.1. The summed E-state index contributed by atoms with van der Waals surface area (Å²) in [7, 11) is 1.63. The summed E-state index contributed by atoms with van der Waals surface area (Å²) in [6.07, 6.45) is 1.49. The molecule has 0 spiro atoms. The lowest BCUT2D eigenvalue weighted by atomic mass is 10.00. The summed E-state index contributed by atoms with van der Waals surface area (Å²) in [6, 6.07) is 10.6. The van der Waals surface area contributed by atoms with Gasteiger partial charge in [-0.3, -0.25) is 14.6 Å². The molecule has 4 amide bonds. The Balaban J connectivity index is 1.46. The van der Waals surface area contributed by atoms with Crippen molar-refractivity contribution in [3.05, 3.63) is 59.4 Å². The maximum atomic E-state index is 13.9. The highest BCUT2D eigenvalue weighted by Gasteiger charge is 2.51. The van der Waals surface area contributed by atoms with Crippen LogP contribution in [0.5, 0.6) is 0 Å². The second kappa shape index (κ2) is 11.1. The number of thiazole rings is 1. The summed E-state index contributed by atoms with van der Waals surface area (Å²) in [5.74, 6) is -0.813.